The van der Waals surface area contributed by atoms with Gasteiger partial charge in [-0.25, -0.2) is 4.52 Å². The number of nitrogens with zero attached hydrogens (tertiary/aromatic N) is 3. The molecule has 2 heterocycles. The molecule has 0 atom stereocenters. The van der Waals surface area contributed by atoms with Gasteiger partial charge in [0.1, 0.15) is 18.1 Å². The highest BCUT2D eigenvalue weighted by Gasteiger charge is 2.12. The third-order valence-electron chi connectivity index (χ3n) is 4.10. The SMILES string of the molecule is NCCOc1ccc(-c2csc3nc(=O)c(Cc4ccccc4)nn23)cc1. The molecule has 0 aliphatic rings. The molecule has 4 aromatic rings. The Balaban J connectivity index is 1.70. The lowest BCUT2D eigenvalue weighted by molar-refractivity contribution is 0.328. The molecule has 0 unspecified atom stereocenters. The molecule has 6 nitrogen and oxygen atoms in total. The van der Waals surface area contributed by atoms with Crippen molar-refractivity contribution >= 4 is 16.3 Å². The fraction of sp³-hybridized carbons (Fsp3) is 0.150. The van der Waals surface area contributed by atoms with Crippen molar-refractivity contribution in [2.24, 2.45) is 5.73 Å². The maximum absolute atomic E-state index is 12.3. The van der Waals surface area contributed by atoms with Crippen molar-refractivity contribution in [1.82, 2.24) is 14.6 Å². The molecule has 136 valence electrons. The molecule has 7 heteroatoms. The Morgan fingerprint density at radius 1 is 1.07 bits per heavy atom. The Labute approximate surface area is 159 Å². The largest absolute Gasteiger partial charge is 0.492 e. The number of hydrogen-bond acceptors (Lipinski definition) is 6. The second-order valence-corrected chi connectivity index (χ2v) is 6.84. The summed E-state index contributed by atoms with van der Waals surface area (Å²) in [5.41, 5.74) is 8.51. The Bertz CT molecular complexity index is 1100. The molecule has 27 heavy (non-hydrogen) atoms. The molecule has 4 rings (SSSR count). The number of nitrogens with two attached hydrogens (primary N) is 1. The van der Waals surface area contributed by atoms with E-state index in [-0.39, 0.29) is 5.56 Å². The first kappa shape index (κ1) is 17.4. The number of ether oxygens (including phenoxy) is 1. The van der Waals surface area contributed by atoms with E-state index in [0.717, 1.165) is 22.6 Å². The molecule has 2 aromatic heterocycles. The molecule has 0 spiro atoms. The van der Waals surface area contributed by atoms with Gasteiger partial charge >= 0.3 is 0 Å². The lowest BCUT2D eigenvalue weighted by Crippen LogP contribution is -2.18. The molecule has 0 bridgehead atoms. The summed E-state index contributed by atoms with van der Waals surface area (Å²) in [6.07, 6.45) is 0.455. The molecule has 0 radical (unpaired) electrons. The highest BCUT2D eigenvalue weighted by atomic mass is 32.1. The first-order valence-corrected chi connectivity index (χ1v) is 9.47. The van der Waals surface area contributed by atoms with Gasteiger partial charge in [0.15, 0.2) is 0 Å². The molecule has 2 aromatic carbocycles. The summed E-state index contributed by atoms with van der Waals surface area (Å²) in [5.74, 6) is 0.770. The van der Waals surface area contributed by atoms with Crippen LogP contribution in [0.2, 0.25) is 0 Å². The van der Waals surface area contributed by atoms with E-state index >= 15 is 0 Å². The zero-order chi connectivity index (χ0) is 18.6. The van der Waals surface area contributed by atoms with Crippen LogP contribution in [-0.4, -0.2) is 27.7 Å². The predicted molar refractivity (Wildman–Crippen MR) is 106 cm³/mol. The summed E-state index contributed by atoms with van der Waals surface area (Å²) in [5, 5.41) is 6.54. The fourth-order valence-electron chi connectivity index (χ4n) is 2.79. The summed E-state index contributed by atoms with van der Waals surface area (Å²) in [4.78, 5) is 17.1. The standard InChI is InChI=1S/C20H18N4O2S/c21-10-11-26-16-8-6-15(7-9-16)18-13-27-20-22-19(25)17(23-24(18)20)12-14-4-2-1-3-5-14/h1-9,13H,10-12,21H2. The highest BCUT2D eigenvalue weighted by molar-refractivity contribution is 7.15. The van der Waals surface area contributed by atoms with Gasteiger partial charge in [0.05, 0.1) is 5.69 Å². The third-order valence-corrected chi connectivity index (χ3v) is 4.92. The summed E-state index contributed by atoms with van der Waals surface area (Å²) in [6, 6.07) is 17.5. The number of thiazole rings is 1. The van der Waals surface area contributed by atoms with Crippen molar-refractivity contribution in [3.05, 3.63) is 81.6 Å². The monoisotopic (exact) mass is 378 g/mol. The zero-order valence-corrected chi connectivity index (χ0v) is 15.4. The van der Waals surface area contributed by atoms with Gasteiger partial charge in [-0.05, 0) is 29.8 Å². The van der Waals surface area contributed by atoms with Crippen molar-refractivity contribution in [2.75, 3.05) is 13.2 Å². The fourth-order valence-corrected chi connectivity index (χ4v) is 3.61. The van der Waals surface area contributed by atoms with Crippen molar-refractivity contribution in [3.8, 4) is 17.0 Å². The molecule has 0 saturated heterocycles. The molecule has 2 N–H and O–H groups in total. The molecular formula is C20H18N4O2S. The van der Waals surface area contributed by atoms with Crippen LogP contribution in [0.5, 0.6) is 5.75 Å². The van der Waals surface area contributed by atoms with Crippen LogP contribution in [0.25, 0.3) is 16.2 Å². The van der Waals surface area contributed by atoms with Crippen molar-refractivity contribution in [3.63, 3.8) is 0 Å². The van der Waals surface area contributed by atoms with Gasteiger partial charge in [-0.15, -0.1) is 11.3 Å². The first-order valence-electron chi connectivity index (χ1n) is 8.59. The summed E-state index contributed by atoms with van der Waals surface area (Å²) >= 11 is 1.40. The van der Waals surface area contributed by atoms with Gasteiger partial charge in [0.25, 0.3) is 5.56 Å². The summed E-state index contributed by atoms with van der Waals surface area (Å²) < 4.78 is 7.25. The van der Waals surface area contributed by atoms with E-state index in [1.54, 1.807) is 4.52 Å². The van der Waals surface area contributed by atoms with E-state index in [1.807, 2.05) is 60.0 Å². The smallest absolute Gasteiger partial charge is 0.296 e. The molecule has 0 amide bonds. The molecule has 0 saturated carbocycles. The number of rotatable bonds is 6. The van der Waals surface area contributed by atoms with Crippen LogP contribution >= 0.6 is 11.3 Å². The Hall–Kier alpha value is -3.03. The lowest BCUT2D eigenvalue weighted by Gasteiger charge is -2.06. The van der Waals surface area contributed by atoms with Crippen LogP contribution in [-0.2, 0) is 6.42 Å². The Morgan fingerprint density at radius 2 is 1.85 bits per heavy atom. The van der Waals surface area contributed by atoms with Crippen LogP contribution in [0.15, 0.2) is 64.8 Å². The molecule has 0 aliphatic heterocycles. The maximum atomic E-state index is 12.3. The van der Waals surface area contributed by atoms with Crippen LogP contribution in [0.4, 0.5) is 0 Å². The molecular weight excluding hydrogens is 360 g/mol. The number of aromatic nitrogens is 3. The Morgan fingerprint density at radius 3 is 2.59 bits per heavy atom. The van der Waals surface area contributed by atoms with E-state index in [2.05, 4.69) is 10.1 Å². The summed E-state index contributed by atoms with van der Waals surface area (Å²) in [7, 11) is 0. The van der Waals surface area contributed by atoms with Crippen LogP contribution in [0, 0.1) is 0 Å². The minimum atomic E-state index is -0.280. The Kier molecular flexibility index (Phi) is 4.95. The topological polar surface area (TPSA) is 82.5 Å². The van der Waals surface area contributed by atoms with Crippen LogP contribution < -0.4 is 16.0 Å². The maximum Gasteiger partial charge on any atom is 0.296 e. The van der Waals surface area contributed by atoms with Crippen molar-refractivity contribution in [2.45, 2.75) is 6.42 Å². The highest BCUT2D eigenvalue weighted by Crippen LogP contribution is 2.26. The van der Waals surface area contributed by atoms with Gasteiger partial charge in [-0.1, -0.05) is 30.3 Å². The van der Waals surface area contributed by atoms with E-state index in [9.17, 15) is 4.79 Å². The second kappa shape index (κ2) is 7.69. The van der Waals surface area contributed by atoms with E-state index < -0.39 is 0 Å². The summed E-state index contributed by atoms with van der Waals surface area (Å²) in [6.45, 7) is 0.958. The van der Waals surface area contributed by atoms with Crippen molar-refractivity contribution in [1.29, 1.82) is 0 Å². The number of fused-ring (bicyclic) bond motifs is 1. The average Bonchev–Trinajstić information content (AvgIpc) is 3.10. The molecule has 0 aliphatic carbocycles. The lowest BCUT2D eigenvalue weighted by atomic mass is 10.1. The normalized spacial score (nSPS) is 11.0. The minimum Gasteiger partial charge on any atom is -0.492 e. The van der Waals surface area contributed by atoms with Gasteiger partial charge in [0.2, 0.25) is 4.96 Å². The van der Waals surface area contributed by atoms with Crippen molar-refractivity contribution < 1.29 is 4.74 Å². The predicted octanol–water partition coefficient (Wildman–Crippen LogP) is 2.75. The first-order chi connectivity index (χ1) is 13.2. The minimum absolute atomic E-state index is 0.280. The van der Waals surface area contributed by atoms with Gasteiger partial charge < -0.3 is 10.5 Å². The van der Waals surface area contributed by atoms with E-state index in [4.69, 9.17) is 10.5 Å². The van der Waals surface area contributed by atoms with E-state index in [0.29, 0.717) is 30.2 Å². The average molecular weight is 378 g/mol. The van der Waals surface area contributed by atoms with Crippen LogP contribution in [0.3, 0.4) is 0 Å². The number of hydrogen-bond donors (Lipinski definition) is 1. The van der Waals surface area contributed by atoms with Gasteiger partial charge in [-0.2, -0.15) is 10.1 Å². The third kappa shape index (κ3) is 3.74. The zero-order valence-electron chi connectivity index (χ0n) is 14.5. The second-order valence-electron chi connectivity index (χ2n) is 6.00. The van der Waals surface area contributed by atoms with Crippen LogP contribution in [0.1, 0.15) is 11.3 Å². The number of benzene rings is 2. The van der Waals surface area contributed by atoms with Gasteiger partial charge in [0, 0.05) is 23.9 Å². The quantitative estimate of drug-likeness (QED) is 0.558. The van der Waals surface area contributed by atoms with Gasteiger partial charge in [-0.3, -0.25) is 4.79 Å². The van der Waals surface area contributed by atoms with E-state index in [1.165, 1.54) is 11.3 Å². The molecule has 0 fully saturated rings.